The van der Waals surface area contributed by atoms with Crippen molar-refractivity contribution < 1.29 is 154 Å². The van der Waals surface area contributed by atoms with Gasteiger partial charge in [-0.05, 0) is 85.8 Å². The van der Waals surface area contributed by atoms with E-state index in [2.05, 4.69) is 26.6 Å². The Bertz CT molecular complexity index is 3090. The number of carbonyl (C=O) groups excluding carboxylic acids is 4. The Kier molecular flexibility index (Phi) is 48.0. The summed E-state index contributed by atoms with van der Waals surface area (Å²) >= 11 is 10.8. The highest BCUT2D eigenvalue weighted by Gasteiger charge is 2.49. The fraction of sp³-hybridized carbons (Fsp3) is 0.706. The number of rotatable bonds is 62. The van der Waals surface area contributed by atoms with Gasteiger partial charge in [0, 0.05) is 75.6 Å². The van der Waals surface area contributed by atoms with Crippen molar-refractivity contribution in [3.8, 4) is 11.5 Å². The van der Waals surface area contributed by atoms with Gasteiger partial charge in [-0.2, -0.15) is 0 Å². The first-order chi connectivity index (χ1) is 53.4. The molecule has 5 rings (SSSR count). The number of carbonyl (C=O) groups is 4. The summed E-state index contributed by atoms with van der Waals surface area (Å²) in [6.07, 6.45) is -9.28. The van der Waals surface area contributed by atoms with Crippen molar-refractivity contribution in [1.82, 2.24) is 25.8 Å². The van der Waals surface area contributed by atoms with Gasteiger partial charge in [-0.15, -0.1) is 0 Å². The molecule has 15 N–H and O–H groups in total. The van der Waals surface area contributed by atoms with Crippen LogP contribution in [0.3, 0.4) is 0 Å². The molecule has 0 aliphatic carbocycles. The lowest BCUT2D eigenvalue weighted by atomic mass is 9.84. The van der Waals surface area contributed by atoms with E-state index >= 15 is 0 Å². The number of aliphatic hydroxyl groups excluding tert-OH is 6. The van der Waals surface area contributed by atoms with Gasteiger partial charge in [0.15, 0.2) is 10.2 Å². The highest BCUT2D eigenvalue weighted by Crippen LogP contribution is 2.43. The normalized spacial score (nSPS) is 20.6. The Balaban J connectivity index is 0.884. The second kappa shape index (κ2) is 55.3. The van der Waals surface area contributed by atoms with Crippen LogP contribution >= 0.6 is 39.6 Å². The first kappa shape index (κ1) is 96.3. The van der Waals surface area contributed by atoms with E-state index in [-0.39, 0.29) is 135 Å². The van der Waals surface area contributed by atoms with Crippen LogP contribution in [0.25, 0.3) is 0 Å². The molecular weight excluding hydrogens is 1550 g/mol. The monoisotopic (exact) mass is 1660 g/mol. The van der Waals surface area contributed by atoms with Crippen LogP contribution in [-0.4, -0.2) is 366 Å². The fourth-order valence-corrected chi connectivity index (χ4v) is 12.2. The van der Waals surface area contributed by atoms with Crippen LogP contribution in [0.5, 0.6) is 11.5 Å². The molecule has 0 bridgehead atoms. The van der Waals surface area contributed by atoms with Gasteiger partial charge in [0.05, 0.1) is 214 Å². The standard InChI is InChI=1S/C68H111N7O32P2S2/c76-48-54-55(78)47-68(49-77,14-46-109(89,90)91)107-64(54)104-52-5-1-50(2-6-52)72-66(110)70-16-23-94-29-35-99-37-31-96-25-19-74(58(80)12-21-92-27-33-98-39-41-102-43-44-103-42-40-101-34-28-93-22-15-69-57(79)11-18-75-59(81)9-10-60(75)82)20-26-97-32-38-100-36-30-95-24-17-71-67(111)73-51-3-7-53(8-4-51)105-65-63(85)62(84)61(83)56(106-65)13-45-108(86,87)88/h1-10,54-56,61-65,76-78,83-85H,11-49H2,(H,69,79)(H2,70,72,110)(H2,71,73,111)(H2,86,87,88)(H2,89,90,91)/t54?,55?,56?,61-,62?,63?,64+,65+,68?/m1/s1. The Morgan fingerprint density at radius 2 is 0.910 bits per heavy atom. The van der Waals surface area contributed by atoms with Crippen LogP contribution in [0.1, 0.15) is 32.1 Å². The van der Waals surface area contributed by atoms with Crippen LogP contribution in [-0.2, 0) is 94.6 Å². The summed E-state index contributed by atoms with van der Waals surface area (Å²) in [5, 5.41) is 77.2. The van der Waals surface area contributed by atoms with E-state index in [1.807, 2.05) is 0 Å². The molecule has 2 aromatic rings. The Morgan fingerprint density at radius 3 is 1.32 bits per heavy atom. The molecule has 2 saturated heterocycles. The van der Waals surface area contributed by atoms with E-state index in [9.17, 15) is 78.5 Å². The smallest absolute Gasteiger partial charge is 0.325 e. The SMILES string of the molecule is O=C(CCN1C(=O)C=CC1=O)NCCOCCOCCOCCOCCOCCOCCC(=O)N(CCOCCOCCOCCNC(=S)Nc1ccc(O[C@H]2OC(CCP(=O)(O)O)[C@@H](O)C(O)C2O)cc1)CCOCCOCCOCCNC(=S)Nc1ccc(O[C@H]2OC(CO)(CCP(=O)(O)O)CC(O)C2CO)cc1. The van der Waals surface area contributed by atoms with Gasteiger partial charge in [-0.25, -0.2) is 0 Å². The minimum atomic E-state index is -4.43. The molecule has 9 atom stereocenters. The Morgan fingerprint density at radius 1 is 0.514 bits per heavy atom. The third-order valence-corrected chi connectivity index (χ3v) is 18.7. The van der Waals surface area contributed by atoms with Crippen molar-refractivity contribution in [2.75, 3.05) is 234 Å². The highest BCUT2D eigenvalue weighted by molar-refractivity contribution is 7.80. The number of hydrogen-bond acceptors (Lipinski definition) is 30. The number of anilines is 2. The van der Waals surface area contributed by atoms with Gasteiger partial charge < -0.3 is 157 Å². The number of thiocarbonyl (C=S) groups is 2. The maximum absolute atomic E-state index is 13.4. The lowest BCUT2D eigenvalue weighted by Gasteiger charge is -2.45. The van der Waals surface area contributed by atoms with Crippen LogP contribution in [0.15, 0.2) is 60.7 Å². The van der Waals surface area contributed by atoms with E-state index < -0.39 is 107 Å². The largest absolute Gasteiger partial charge is 0.464 e. The van der Waals surface area contributed by atoms with Crippen LogP contribution in [0.4, 0.5) is 11.4 Å². The third-order valence-electron chi connectivity index (χ3n) is 16.5. The maximum Gasteiger partial charge on any atom is 0.325 e. The zero-order chi connectivity index (χ0) is 80.5. The number of nitrogens with one attached hydrogen (secondary N) is 5. The van der Waals surface area contributed by atoms with Gasteiger partial charge in [0.25, 0.3) is 11.8 Å². The van der Waals surface area contributed by atoms with Crippen LogP contribution in [0.2, 0.25) is 0 Å². The van der Waals surface area contributed by atoms with E-state index in [1.165, 1.54) is 12.2 Å². The molecule has 3 aliphatic rings. The van der Waals surface area contributed by atoms with Crippen molar-refractivity contribution >= 4 is 84.9 Å². The molecule has 4 amide bonds. The second-order valence-corrected chi connectivity index (χ2v) is 29.4. The number of ether oxygens (including phenoxy) is 16. The summed E-state index contributed by atoms with van der Waals surface area (Å²) in [5.74, 6) is -1.66. The molecule has 2 fully saturated rings. The molecule has 0 aromatic heterocycles. The van der Waals surface area contributed by atoms with Gasteiger partial charge in [-0.3, -0.25) is 33.2 Å². The third kappa shape index (κ3) is 41.7. The quantitative estimate of drug-likeness (QED) is 0.0147. The number of benzene rings is 2. The van der Waals surface area contributed by atoms with Crippen molar-refractivity contribution in [2.24, 2.45) is 5.92 Å². The average Bonchev–Trinajstić information content (AvgIpc) is 1.26. The highest BCUT2D eigenvalue weighted by atomic mass is 32.1. The number of nitrogens with zero attached hydrogens (tertiary/aromatic N) is 2. The predicted molar refractivity (Wildman–Crippen MR) is 403 cm³/mol. The topological polar surface area (TPSA) is 519 Å². The minimum Gasteiger partial charge on any atom is -0.464 e. The first-order valence-electron chi connectivity index (χ1n) is 36.4. The summed E-state index contributed by atoms with van der Waals surface area (Å²) in [5.41, 5.74) is -0.287. The van der Waals surface area contributed by atoms with E-state index in [0.29, 0.717) is 140 Å². The maximum atomic E-state index is 13.4. The van der Waals surface area contributed by atoms with Gasteiger partial charge in [0.2, 0.25) is 24.4 Å². The molecule has 0 radical (unpaired) electrons. The summed E-state index contributed by atoms with van der Waals surface area (Å²) in [6.45, 7) is 7.72. The summed E-state index contributed by atoms with van der Waals surface area (Å²) in [7, 11) is -8.84. The van der Waals surface area contributed by atoms with Gasteiger partial charge >= 0.3 is 15.2 Å². The van der Waals surface area contributed by atoms with E-state index in [1.54, 1.807) is 53.4 Å². The molecule has 632 valence electrons. The zero-order valence-corrected chi connectivity index (χ0v) is 65.5. The van der Waals surface area contributed by atoms with Crippen molar-refractivity contribution in [2.45, 2.75) is 80.8 Å². The van der Waals surface area contributed by atoms with Gasteiger partial charge in [0.1, 0.15) is 29.8 Å². The molecule has 0 spiro atoms. The number of aliphatic hydroxyl groups is 6. The Hall–Kier alpha value is -5.26. The van der Waals surface area contributed by atoms with Gasteiger partial charge in [-0.1, -0.05) is 0 Å². The summed E-state index contributed by atoms with van der Waals surface area (Å²) in [4.78, 5) is 88.4. The van der Waals surface area contributed by atoms with Crippen molar-refractivity contribution in [3.63, 3.8) is 0 Å². The molecule has 0 saturated carbocycles. The lowest BCUT2D eigenvalue weighted by molar-refractivity contribution is -0.272. The summed E-state index contributed by atoms with van der Waals surface area (Å²) < 4.78 is 114. The number of amides is 4. The van der Waals surface area contributed by atoms with Crippen LogP contribution in [0, 0.1) is 5.92 Å². The molecule has 2 aromatic carbocycles. The minimum absolute atomic E-state index is 0.00935. The van der Waals surface area contributed by atoms with Crippen LogP contribution < -0.4 is 36.1 Å². The predicted octanol–water partition coefficient (Wildman–Crippen LogP) is -2.04. The molecule has 3 heterocycles. The van der Waals surface area contributed by atoms with Crippen molar-refractivity contribution in [3.05, 3.63) is 60.7 Å². The molecule has 111 heavy (non-hydrogen) atoms. The van der Waals surface area contributed by atoms with E-state index in [0.717, 1.165) is 4.90 Å². The first-order valence-corrected chi connectivity index (χ1v) is 40.8. The number of imide groups is 1. The molecule has 39 nitrogen and oxygen atoms in total. The van der Waals surface area contributed by atoms with Crippen molar-refractivity contribution in [1.29, 1.82) is 0 Å². The molecule has 3 aliphatic heterocycles. The average molecular weight is 1660 g/mol. The fourth-order valence-electron chi connectivity index (χ4n) is 10.5. The number of hydrogen-bond donors (Lipinski definition) is 15. The van der Waals surface area contributed by atoms with E-state index in [4.69, 9.17) is 100 Å². The Labute approximate surface area is 655 Å². The summed E-state index contributed by atoms with van der Waals surface area (Å²) in [6, 6.07) is 12.9. The molecule has 6 unspecified atom stereocenters. The lowest BCUT2D eigenvalue weighted by Crippen LogP contribution is -2.59. The molecule has 43 heteroatoms. The zero-order valence-electron chi connectivity index (χ0n) is 62.0. The molecular formula is C68H111N7O32P2S2. The second-order valence-electron chi connectivity index (χ2n) is 25.1.